The molecule has 0 spiro atoms. The van der Waals surface area contributed by atoms with Gasteiger partial charge in [-0.2, -0.15) is 4.98 Å². The van der Waals surface area contributed by atoms with Gasteiger partial charge in [0.1, 0.15) is 12.4 Å². The topological polar surface area (TPSA) is 47.9 Å². The normalized spacial score (nSPS) is 11.5. The summed E-state index contributed by atoms with van der Waals surface area (Å²) < 4.78 is 21.5. The molecule has 0 amide bonds. The van der Waals surface area contributed by atoms with Gasteiger partial charge >= 0.3 is 0 Å². The number of rotatable bonds is 7. The monoisotopic (exact) mass is 575 g/mol. The highest BCUT2D eigenvalue weighted by atomic mass is 32.2. The molecule has 2 aromatic heterocycles. The Kier molecular flexibility index (Phi) is 8.55. The predicted molar refractivity (Wildman–Crippen MR) is 174 cm³/mol. The molecule has 0 unspecified atom stereocenters. The summed E-state index contributed by atoms with van der Waals surface area (Å²) in [6.45, 7) is 17.0. The lowest BCUT2D eigenvalue weighted by Gasteiger charge is -2.19. The Morgan fingerprint density at radius 1 is 0.976 bits per heavy atom. The average Bonchev–Trinajstić information content (AvgIpc) is 3.32. The summed E-state index contributed by atoms with van der Waals surface area (Å²) in [4.78, 5) is 14.5. The van der Waals surface area contributed by atoms with Crippen LogP contribution in [0.15, 0.2) is 79.1 Å². The van der Waals surface area contributed by atoms with Crippen LogP contribution in [0.2, 0.25) is 0 Å². The molecule has 0 atom stereocenters. The zero-order valence-electron chi connectivity index (χ0n) is 24.7. The number of ether oxygens (including phenoxy) is 1. The summed E-state index contributed by atoms with van der Waals surface area (Å²) >= 11 is 1.45. The van der Waals surface area contributed by atoms with Gasteiger partial charge in [-0.05, 0) is 64.8 Å². The van der Waals surface area contributed by atoms with E-state index in [1.807, 2.05) is 82.5 Å². The molecule has 0 N–H and O–H groups in total. The number of fused-ring (bicyclic) bond motifs is 4. The molecule has 4 nitrogen and oxygen atoms in total. The zero-order valence-corrected chi connectivity index (χ0v) is 25.5. The van der Waals surface area contributed by atoms with Crippen molar-refractivity contribution in [2.75, 3.05) is 6.26 Å². The Morgan fingerprint density at radius 3 is 2.43 bits per heavy atom. The molecule has 2 heterocycles. The summed E-state index contributed by atoms with van der Waals surface area (Å²) in [6.07, 6.45) is 6.11. The number of aromatic nitrogens is 3. The summed E-state index contributed by atoms with van der Waals surface area (Å²) in [7, 11) is 0. The highest BCUT2D eigenvalue weighted by Crippen LogP contribution is 2.51. The van der Waals surface area contributed by atoms with Crippen LogP contribution in [0.5, 0.6) is 5.88 Å². The second kappa shape index (κ2) is 12.3. The number of pyridine rings is 1. The van der Waals surface area contributed by atoms with Crippen molar-refractivity contribution in [3.05, 3.63) is 113 Å². The first kappa shape index (κ1) is 29.2. The van der Waals surface area contributed by atoms with E-state index in [1.165, 1.54) is 11.8 Å². The second-order valence-corrected chi connectivity index (χ2v) is 10.5. The highest BCUT2D eigenvalue weighted by molar-refractivity contribution is 7.98. The number of hydrogen-bond donors (Lipinski definition) is 0. The van der Waals surface area contributed by atoms with Crippen LogP contribution in [0.25, 0.3) is 44.8 Å². The van der Waals surface area contributed by atoms with Gasteiger partial charge in [-0.1, -0.05) is 94.2 Å². The Morgan fingerprint density at radius 2 is 1.74 bits per heavy atom. The molecular weight excluding hydrogens is 541 g/mol. The summed E-state index contributed by atoms with van der Waals surface area (Å²) in [6, 6.07) is 17.4. The van der Waals surface area contributed by atoms with Crippen LogP contribution in [-0.2, 0) is 13.0 Å². The van der Waals surface area contributed by atoms with Crippen LogP contribution in [0, 0.1) is 12.7 Å². The van der Waals surface area contributed by atoms with Crippen molar-refractivity contribution in [1.82, 2.24) is 15.0 Å². The van der Waals surface area contributed by atoms with Crippen LogP contribution in [0.1, 0.15) is 54.3 Å². The number of thioether (sulfide) groups is 1. The minimum absolute atomic E-state index is 0.225. The SMILES string of the molecule is C=Cc1c(C)cc2ccc(F)c(CC)c2c1-c1nccc2c1C(=C)c1nc(SC)nc(OCc3ccccc3)c1-2.CC. The van der Waals surface area contributed by atoms with Gasteiger partial charge in [0.25, 0.3) is 0 Å². The first-order valence-corrected chi connectivity index (χ1v) is 15.4. The van der Waals surface area contributed by atoms with Gasteiger partial charge in [0.15, 0.2) is 5.16 Å². The molecule has 3 aromatic carbocycles. The lowest BCUT2D eigenvalue weighted by molar-refractivity contribution is 0.292. The van der Waals surface area contributed by atoms with Crippen LogP contribution in [0.3, 0.4) is 0 Å². The van der Waals surface area contributed by atoms with Crippen LogP contribution in [-0.4, -0.2) is 21.2 Å². The molecule has 0 fully saturated rings. The van der Waals surface area contributed by atoms with E-state index < -0.39 is 0 Å². The van der Waals surface area contributed by atoms with E-state index in [9.17, 15) is 0 Å². The van der Waals surface area contributed by atoms with Gasteiger partial charge in [0.05, 0.1) is 17.0 Å². The zero-order chi connectivity index (χ0) is 30.0. The van der Waals surface area contributed by atoms with Crippen LogP contribution >= 0.6 is 11.8 Å². The fourth-order valence-electron chi connectivity index (χ4n) is 5.64. The standard InChI is InChI=1S/C34H28FN3OS.C2H6/c1-6-23-19(3)17-22-13-14-26(35)24(7-2)28(22)29(23)32-27-20(4)31-30(25(27)15-16-36-32)33(38-34(37-31)40-5)39-18-21-11-9-8-10-12-21;1-2/h6,8-17H,1,4,7,18H2,2-3,5H3;1-2H3. The second-order valence-electron chi connectivity index (χ2n) is 9.74. The van der Waals surface area contributed by atoms with Gasteiger partial charge in [0, 0.05) is 28.5 Å². The summed E-state index contributed by atoms with van der Waals surface area (Å²) in [5, 5.41) is 2.42. The molecule has 42 heavy (non-hydrogen) atoms. The quantitative estimate of drug-likeness (QED) is 0.140. The van der Waals surface area contributed by atoms with Gasteiger partial charge in [0.2, 0.25) is 5.88 Å². The molecule has 1 aliphatic carbocycles. The van der Waals surface area contributed by atoms with Crippen LogP contribution in [0.4, 0.5) is 4.39 Å². The largest absolute Gasteiger partial charge is 0.472 e. The molecule has 0 bridgehead atoms. The van der Waals surface area contributed by atoms with E-state index in [1.54, 1.807) is 12.3 Å². The number of nitrogens with zero attached hydrogens (tertiary/aromatic N) is 3. The van der Waals surface area contributed by atoms with E-state index in [2.05, 4.69) is 19.2 Å². The molecular formula is C36H34FN3OS. The maximum atomic E-state index is 15.2. The van der Waals surface area contributed by atoms with Crippen molar-refractivity contribution < 1.29 is 9.13 Å². The van der Waals surface area contributed by atoms with E-state index in [-0.39, 0.29) is 5.82 Å². The Bertz CT molecular complexity index is 1830. The van der Waals surface area contributed by atoms with E-state index in [0.29, 0.717) is 29.6 Å². The van der Waals surface area contributed by atoms with E-state index in [0.717, 1.165) is 66.7 Å². The van der Waals surface area contributed by atoms with Gasteiger partial charge in [-0.15, -0.1) is 0 Å². The Hall–Kier alpha value is -4.29. The first-order chi connectivity index (χ1) is 20.5. The summed E-state index contributed by atoms with van der Waals surface area (Å²) in [5.74, 6) is 0.283. The molecule has 0 radical (unpaired) electrons. The number of hydrogen-bond acceptors (Lipinski definition) is 5. The number of aryl methyl sites for hydroxylation is 2. The van der Waals surface area contributed by atoms with Gasteiger partial charge in [-0.25, -0.2) is 9.37 Å². The van der Waals surface area contributed by atoms with E-state index >= 15 is 4.39 Å². The molecule has 0 saturated heterocycles. The Labute approximate surface area is 251 Å². The molecule has 1 aliphatic rings. The van der Waals surface area contributed by atoms with E-state index in [4.69, 9.17) is 19.7 Å². The molecule has 212 valence electrons. The van der Waals surface area contributed by atoms with Crippen molar-refractivity contribution in [2.45, 2.75) is 45.9 Å². The van der Waals surface area contributed by atoms with Gasteiger partial charge in [-0.3, -0.25) is 4.98 Å². The third-order valence-corrected chi connectivity index (χ3v) is 8.01. The maximum absolute atomic E-state index is 15.2. The minimum atomic E-state index is -0.225. The highest BCUT2D eigenvalue weighted by Gasteiger charge is 2.33. The van der Waals surface area contributed by atoms with Crippen LogP contribution < -0.4 is 4.74 Å². The maximum Gasteiger partial charge on any atom is 0.226 e. The summed E-state index contributed by atoms with van der Waals surface area (Å²) in [5.41, 5.74) is 9.29. The van der Waals surface area contributed by atoms with Gasteiger partial charge < -0.3 is 4.74 Å². The predicted octanol–water partition coefficient (Wildman–Crippen LogP) is 9.71. The molecule has 5 aromatic rings. The number of halogens is 1. The molecule has 6 rings (SSSR count). The molecule has 0 aliphatic heterocycles. The van der Waals surface area contributed by atoms with Crippen molar-refractivity contribution >= 4 is 34.2 Å². The molecule has 0 saturated carbocycles. The molecule has 6 heteroatoms. The third-order valence-electron chi connectivity index (χ3n) is 7.46. The van der Waals surface area contributed by atoms with Crippen molar-refractivity contribution in [1.29, 1.82) is 0 Å². The minimum Gasteiger partial charge on any atom is -0.472 e. The lowest BCUT2D eigenvalue weighted by Crippen LogP contribution is -2.02. The third kappa shape index (κ3) is 4.90. The van der Waals surface area contributed by atoms with Crippen molar-refractivity contribution in [3.63, 3.8) is 0 Å². The fraction of sp³-hybridized carbons (Fsp3) is 0.194. The number of benzene rings is 3. The smallest absolute Gasteiger partial charge is 0.226 e. The Balaban J connectivity index is 0.00000173. The average molecular weight is 576 g/mol. The van der Waals surface area contributed by atoms with Crippen molar-refractivity contribution in [2.24, 2.45) is 0 Å². The first-order valence-electron chi connectivity index (χ1n) is 14.2. The fourth-order valence-corrected chi connectivity index (χ4v) is 6.00. The lowest BCUT2D eigenvalue weighted by atomic mass is 9.86. The van der Waals surface area contributed by atoms with Crippen molar-refractivity contribution in [3.8, 4) is 28.3 Å².